The van der Waals surface area contributed by atoms with Gasteiger partial charge in [0, 0.05) is 18.2 Å². The zero-order valence-corrected chi connectivity index (χ0v) is 9.20. The van der Waals surface area contributed by atoms with Crippen LogP contribution in [0.2, 0.25) is 0 Å². The number of rotatable bonds is 3. The summed E-state index contributed by atoms with van der Waals surface area (Å²) in [4.78, 5) is 23.8. The third-order valence-electron chi connectivity index (χ3n) is 2.36. The Labute approximate surface area is 88.7 Å². The largest absolute Gasteiger partial charge is 0.480 e. The van der Waals surface area contributed by atoms with E-state index in [4.69, 9.17) is 5.11 Å². The monoisotopic (exact) mass is 217 g/mol. The van der Waals surface area contributed by atoms with E-state index in [2.05, 4.69) is 12.6 Å². The normalized spacial score (nSPS) is 24.4. The van der Waals surface area contributed by atoms with Gasteiger partial charge in [-0.2, -0.15) is 12.6 Å². The first kappa shape index (κ1) is 11.4. The maximum absolute atomic E-state index is 11.4. The van der Waals surface area contributed by atoms with Gasteiger partial charge in [0.15, 0.2) is 0 Å². The summed E-state index contributed by atoms with van der Waals surface area (Å²) in [6, 6.07) is -0.709. The molecule has 1 heterocycles. The van der Waals surface area contributed by atoms with E-state index in [1.807, 2.05) is 0 Å². The Hall–Kier alpha value is -0.710. The number of thiol groups is 1. The van der Waals surface area contributed by atoms with Crippen LogP contribution in [-0.4, -0.2) is 39.7 Å². The molecule has 1 saturated heterocycles. The van der Waals surface area contributed by atoms with Gasteiger partial charge in [0.1, 0.15) is 6.04 Å². The quantitative estimate of drug-likeness (QED) is 0.682. The van der Waals surface area contributed by atoms with E-state index >= 15 is 0 Å². The van der Waals surface area contributed by atoms with Crippen molar-refractivity contribution in [2.75, 3.05) is 6.54 Å². The van der Waals surface area contributed by atoms with Gasteiger partial charge in [-0.25, -0.2) is 4.79 Å². The molecular formula is C9H15NO3S. The third-order valence-corrected chi connectivity index (χ3v) is 2.70. The fourth-order valence-corrected chi connectivity index (χ4v) is 2.09. The molecule has 0 saturated carbocycles. The summed E-state index contributed by atoms with van der Waals surface area (Å²) in [7, 11) is 0. The second-order valence-electron chi connectivity index (χ2n) is 3.93. The maximum Gasteiger partial charge on any atom is 0.326 e. The van der Waals surface area contributed by atoms with Crippen LogP contribution in [0.25, 0.3) is 0 Å². The maximum atomic E-state index is 11.4. The third kappa shape index (κ3) is 2.20. The average molecular weight is 217 g/mol. The molecule has 2 unspecified atom stereocenters. The number of amides is 1. The molecule has 1 aliphatic heterocycles. The van der Waals surface area contributed by atoms with Crippen molar-refractivity contribution in [1.29, 1.82) is 0 Å². The molecular weight excluding hydrogens is 202 g/mol. The number of carbonyl (C=O) groups excluding carboxylic acids is 1. The van der Waals surface area contributed by atoms with Crippen LogP contribution in [0.3, 0.4) is 0 Å². The molecule has 0 aromatic heterocycles. The molecule has 5 heteroatoms. The van der Waals surface area contributed by atoms with Crippen molar-refractivity contribution >= 4 is 24.5 Å². The lowest BCUT2D eigenvalue weighted by molar-refractivity contribution is -0.150. The highest BCUT2D eigenvalue weighted by Crippen LogP contribution is 2.22. The summed E-state index contributed by atoms with van der Waals surface area (Å²) >= 11 is 4.19. The number of nitrogens with zero attached hydrogens (tertiary/aromatic N) is 1. The molecule has 4 nitrogen and oxygen atoms in total. The highest BCUT2D eigenvalue weighted by molar-refractivity contribution is 7.81. The minimum Gasteiger partial charge on any atom is -0.480 e. The van der Waals surface area contributed by atoms with Crippen molar-refractivity contribution in [2.24, 2.45) is 5.92 Å². The van der Waals surface area contributed by atoms with E-state index in [1.165, 1.54) is 4.90 Å². The predicted molar refractivity (Wildman–Crippen MR) is 55.4 cm³/mol. The van der Waals surface area contributed by atoms with E-state index in [1.54, 1.807) is 13.8 Å². The van der Waals surface area contributed by atoms with Gasteiger partial charge in [0.25, 0.3) is 0 Å². The van der Waals surface area contributed by atoms with Crippen LogP contribution in [-0.2, 0) is 9.59 Å². The lowest BCUT2D eigenvalue weighted by Crippen LogP contribution is -2.45. The van der Waals surface area contributed by atoms with Crippen molar-refractivity contribution in [1.82, 2.24) is 4.90 Å². The first-order valence-corrected chi connectivity index (χ1v) is 5.15. The van der Waals surface area contributed by atoms with Crippen LogP contribution in [0, 0.1) is 5.92 Å². The van der Waals surface area contributed by atoms with Crippen molar-refractivity contribution in [3.8, 4) is 0 Å². The lowest BCUT2D eigenvalue weighted by atomic mass is 10.0. The molecule has 0 aliphatic carbocycles. The topological polar surface area (TPSA) is 57.6 Å². The minimum absolute atomic E-state index is 0.0249. The summed E-state index contributed by atoms with van der Waals surface area (Å²) in [6.45, 7) is 4.05. The van der Waals surface area contributed by atoms with Crippen molar-refractivity contribution in [3.05, 3.63) is 0 Å². The minimum atomic E-state index is -0.934. The molecule has 0 radical (unpaired) electrons. The molecule has 80 valence electrons. The Morgan fingerprint density at radius 1 is 1.64 bits per heavy atom. The van der Waals surface area contributed by atoms with Crippen molar-refractivity contribution < 1.29 is 14.7 Å². The van der Waals surface area contributed by atoms with Crippen LogP contribution < -0.4 is 0 Å². The summed E-state index contributed by atoms with van der Waals surface area (Å²) in [6.07, 6.45) is 0.347. The summed E-state index contributed by atoms with van der Waals surface area (Å²) < 4.78 is 0. The van der Waals surface area contributed by atoms with Crippen LogP contribution >= 0.6 is 12.6 Å². The number of likely N-dealkylation sites (tertiary alicyclic amines) is 1. The van der Waals surface area contributed by atoms with E-state index in [-0.39, 0.29) is 17.1 Å². The highest BCUT2D eigenvalue weighted by Gasteiger charge is 2.37. The number of carboxylic acid groups (broad SMARTS) is 1. The zero-order chi connectivity index (χ0) is 10.9. The molecule has 1 rings (SSSR count). The molecule has 0 aromatic carbocycles. The van der Waals surface area contributed by atoms with Gasteiger partial charge >= 0.3 is 5.97 Å². The molecule has 1 amide bonds. The summed E-state index contributed by atoms with van der Waals surface area (Å²) in [5.74, 6) is -1.11. The second kappa shape index (κ2) is 4.21. The Bertz CT molecular complexity index is 254. The Balaban J connectivity index is 2.79. The SMILES string of the molecule is CC(C)C(C(=O)O)N1CC(S)CC1=O. The van der Waals surface area contributed by atoms with Gasteiger partial charge in [-0.15, -0.1) is 0 Å². The van der Waals surface area contributed by atoms with E-state index in [9.17, 15) is 9.59 Å². The smallest absolute Gasteiger partial charge is 0.326 e. The molecule has 2 atom stereocenters. The van der Waals surface area contributed by atoms with Crippen molar-refractivity contribution in [2.45, 2.75) is 31.6 Å². The van der Waals surface area contributed by atoms with Gasteiger partial charge in [0.2, 0.25) is 5.91 Å². The lowest BCUT2D eigenvalue weighted by Gasteiger charge is -2.27. The van der Waals surface area contributed by atoms with Gasteiger partial charge < -0.3 is 10.0 Å². The first-order chi connectivity index (χ1) is 6.43. The van der Waals surface area contributed by atoms with Crippen LogP contribution in [0.4, 0.5) is 0 Å². The van der Waals surface area contributed by atoms with Gasteiger partial charge in [0.05, 0.1) is 0 Å². The molecule has 0 spiro atoms. The molecule has 0 aromatic rings. The molecule has 1 aliphatic rings. The molecule has 1 N–H and O–H groups in total. The standard InChI is InChI=1S/C9H15NO3S/c1-5(2)8(9(12)13)10-4-6(14)3-7(10)11/h5-6,8,14H,3-4H2,1-2H3,(H,12,13). The number of hydrogen-bond acceptors (Lipinski definition) is 3. The Morgan fingerprint density at radius 2 is 2.21 bits per heavy atom. The number of aliphatic carboxylic acids is 1. The van der Waals surface area contributed by atoms with Crippen molar-refractivity contribution in [3.63, 3.8) is 0 Å². The van der Waals surface area contributed by atoms with Crippen LogP contribution in [0.5, 0.6) is 0 Å². The summed E-state index contributed by atoms with van der Waals surface area (Å²) in [5, 5.41) is 8.96. The number of hydrogen-bond donors (Lipinski definition) is 2. The molecule has 14 heavy (non-hydrogen) atoms. The van der Waals surface area contributed by atoms with Gasteiger partial charge in [-0.3, -0.25) is 4.79 Å². The van der Waals surface area contributed by atoms with Crippen LogP contribution in [0.1, 0.15) is 20.3 Å². The van der Waals surface area contributed by atoms with Crippen LogP contribution in [0.15, 0.2) is 0 Å². The van der Waals surface area contributed by atoms with Gasteiger partial charge in [-0.05, 0) is 5.92 Å². The second-order valence-corrected chi connectivity index (χ2v) is 4.66. The predicted octanol–water partition coefficient (Wildman–Crippen LogP) is 0.626. The highest BCUT2D eigenvalue weighted by atomic mass is 32.1. The van der Waals surface area contributed by atoms with E-state index in [0.29, 0.717) is 13.0 Å². The molecule has 0 bridgehead atoms. The fraction of sp³-hybridized carbons (Fsp3) is 0.778. The Kier molecular flexibility index (Phi) is 3.42. The van der Waals surface area contributed by atoms with Gasteiger partial charge in [-0.1, -0.05) is 13.8 Å². The average Bonchev–Trinajstić information content (AvgIpc) is 2.29. The number of carboxylic acids is 1. The van der Waals surface area contributed by atoms with E-state index in [0.717, 1.165) is 0 Å². The Morgan fingerprint density at radius 3 is 2.50 bits per heavy atom. The van der Waals surface area contributed by atoms with E-state index < -0.39 is 12.0 Å². The first-order valence-electron chi connectivity index (χ1n) is 4.63. The summed E-state index contributed by atoms with van der Waals surface area (Å²) in [5.41, 5.74) is 0. The number of carbonyl (C=O) groups is 2. The molecule has 1 fully saturated rings. The fourth-order valence-electron chi connectivity index (χ4n) is 1.76. The zero-order valence-electron chi connectivity index (χ0n) is 8.30.